The second-order valence-corrected chi connectivity index (χ2v) is 9.96. The van der Waals surface area contributed by atoms with Crippen LogP contribution < -0.4 is 0 Å². The van der Waals surface area contributed by atoms with Gasteiger partial charge in [-0.1, -0.05) is 26.0 Å². The van der Waals surface area contributed by atoms with Gasteiger partial charge in [0.25, 0.3) is 0 Å². The van der Waals surface area contributed by atoms with Crippen molar-refractivity contribution in [1.29, 1.82) is 0 Å². The van der Waals surface area contributed by atoms with Crippen LogP contribution in [-0.4, -0.2) is 38.7 Å². The van der Waals surface area contributed by atoms with Crippen molar-refractivity contribution < 1.29 is 8.42 Å². The molecule has 3 nitrogen and oxygen atoms in total. The second kappa shape index (κ2) is 6.56. The normalized spacial score (nSPS) is 22.2. The van der Waals surface area contributed by atoms with E-state index in [4.69, 9.17) is 0 Å². The van der Waals surface area contributed by atoms with E-state index in [-0.39, 0.29) is 5.75 Å². The molecule has 0 amide bonds. The zero-order chi connectivity index (χ0) is 16.5. The Labute approximate surface area is 141 Å². The number of benzene rings is 1. The van der Waals surface area contributed by atoms with Crippen LogP contribution in [0.1, 0.15) is 45.1 Å². The molecule has 23 heavy (non-hydrogen) atoms. The predicted octanol–water partition coefficient (Wildman–Crippen LogP) is 3.53. The van der Waals surface area contributed by atoms with Crippen LogP contribution in [0.3, 0.4) is 0 Å². The third kappa shape index (κ3) is 4.16. The van der Waals surface area contributed by atoms with Gasteiger partial charge in [0.1, 0.15) is 0 Å². The maximum atomic E-state index is 12.1. The van der Waals surface area contributed by atoms with Gasteiger partial charge in [-0.05, 0) is 74.2 Å². The van der Waals surface area contributed by atoms with Crippen molar-refractivity contribution in [2.75, 3.05) is 25.4 Å². The molecule has 0 spiro atoms. The molecule has 128 valence electrons. The fraction of sp³-hybridized carbons (Fsp3) is 0.684. The summed E-state index contributed by atoms with van der Waals surface area (Å²) in [5.74, 6) is 1.05. The minimum Gasteiger partial charge on any atom is -0.303 e. The molecule has 2 fully saturated rings. The van der Waals surface area contributed by atoms with E-state index >= 15 is 0 Å². The number of nitrogens with zero attached hydrogens (tertiary/aromatic N) is 1. The van der Waals surface area contributed by atoms with Crippen molar-refractivity contribution in [3.8, 4) is 0 Å². The summed E-state index contributed by atoms with van der Waals surface area (Å²) in [4.78, 5) is 3.11. The Kier molecular flexibility index (Phi) is 4.84. The lowest BCUT2D eigenvalue weighted by atomic mass is 9.93. The number of sulfone groups is 1. The molecule has 1 heterocycles. The summed E-state index contributed by atoms with van der Waals surface area (Å²) < 4.78 is 24.1. The summed E-state index contributed by atoms with van der Waals surface area (Å²) in [7, 11) is -3.10. The lowest BCUT2D eigenvalue weighted by molar-refractivity contribution is 0.159. The van der Waals surface area contributed by atoms with Gasteiger partial charge < -0.3 is 4.90 Å². The van der Waals surface area contributed by atoms with Crippen LogP contribution in [0.25, 0.3) is 0 Å². The summed E-state index contributed by atoms with van der Waals surface area (Å²) in [5.41, 5.74) is 1.58. The molecule has 4 heteroatoms. The standard InChI is InChI=1S/C19H29NO2S/c1-3-23(21,22)18-6-4-5-17(13-18)14-19(9-10-19)15-20-11-7-16(2)8-12-20/h4-6,13,16H,3,7-12,14-15H2,1-2H3. The monoisotopic (exact) mass is 335 g/mol. The Morgan fingerprint density at radius 2 is 1.91 bits per heavy atom. The van der Waals surface area contributed by atoms with Crippen molar-refractivity contribution in [1.82, 2.24) is 4.90 Å². The molecule has 0 unspecified atom stereocenters. The predicted molar refractivity (Wildman–Crippen MR) is 94.4 cm³/mol. The summed E-state index contributed by atoms with van der Waals surface area (Å²) >= 11 is 0. The molecule has 0 radical (unpaired) electrons. The fourth-order valence-electron chi connectivity index (χ4n) is 3.71. The Hall–Kier alpha value is -0.870. The van der Waals surface area contributed by atoms with Gasteiger partial charge in [0.05, 0.1) is 10.6 Å². The molecule has 0 bridgehead atoms. The van der Waals surface area contributed by atoms with Crippen molar-refractivity contribution >= 4 is 9.84 Å². The maximum absolute atomic E-state index is 12.1. The molecule has 1 saturated carbocycles. The third-order valence-electron chi connectivity index (χ3n) is 5.61. The fourth-order valence-corrected chi connectivity index (χ4v) is 4.66. The average Bonchev–Trinajstić information content (AvgIpc) is 3.29. The third-order valence-corrected chi connectivity index (χ3v) is 7.34. The van der Waals surface area contributed by atoms with Crippen LogP contribution in [0, 0.1) is 11.3 Å². The van der Waals surface area contributed by atoms with E-state index in [2.05, 4.69) is 17.9 Å². The van der Waals surface area contributed by atoms with Gasteiger partial charge in [0.15, 0.2) is 9.84 Å². The largest absolute Gasteiger partial charge is 0.303 e. The van der Waals surface area contributed by atoms with Crippen molar-refractivity contribution in [3.63, 3.8) is 0 Å². The summed E-state index contributed by atoms with van der Waals surface area (Å²) in [5, 5.41) is 0. The van der Waals surface area contributed by atoms with Crippen LogP contribution in [0.2, 0.25) is 0 Å². The van der Waals surface area contributed by atoms with E-state index < -0.39 is 9.84 Å². The molecule has 1 aliphatic carbocycles. The highest BCUT2D eigenvalue weighted by Gasteiger charge is 2.44. The first-order valence-corrected chi connectivity index (χ1v) is 10.6. The van der Waals surface area contributed by atoms with E-state index in [1.807, 2.05) is 12.1 Å². The van der Waals surface area contributed by atoms with Gasteiger partial charge >= 0.3 is 0 Å². The lowest BCUT2D eigenvalue weighted by Gasteiger charge is -2.33. The van der Waals surface area contributed by atoms with Gasteiger partial charge in [-0.2, -0.15) is 0 Å². The smallest absolute Gasteiger partial charge is 0.178 e. The first-order chi connectivity index (χ1) is 10.9. The zero-order valence-corrected chi connectivity index (χ0v) is 15.2. The van der Waals surface area contributed by atoms with E-state index in [0.717, 1.165) is 12.3 Å². The minimum atomic E-state index is -3.10. The van der Waals surface area contributed by atoms with Crippen molar-refractivity contribution in [2.24, 2.45) is 11.3 Å². The molecule has 1 aromatic carbocycles. The van der Waals surface area contributed by atoms with E-state index in [0.29, 0.717) is 10.3 Å². The molecule has 1 aliphatic heterocycles. The van der Waals surface area contributed by atoms with E-state index in [9.17, 15) is 8.42 Å². The number of hydrogen-bond acceptors (Lipinski definition) is 3. The number of hydrogen-bond donors (Lipinski definition) is 0. The van der Waals surface area contributed by atoms with Crippen LogP contribution in [0.15, 0.2) is 29.2 Å². The number of likely N-dealkylation sites (tertiary alicyclic amines) is 1. The van der Waals surface area contributed by atoms with Crippen LogP contribution in [0.4, 0.5) is 0 Å². The topological polar surface area (TPSA) is 37.4 Å². The van der Waals surface area contributed by atoms with E-state index in [1.54, 1.807) is 13.0 Å². The molecule has 2 aliphatic rings. The molecule has 1 aromatic rings. The molecule has 0 aromatic heterocycles. The summed E-state index contributed by atoms with van der Waals surface area (Å²) in [6.07, 6.45) is 6.22. The van der Waals surface area contributed by atoms with Gasteiger partial charge in [-0.15, -0.1) is 0 Å². The zero-order valence-electron chi connectivity index (χ0n) is 14.4. The summed E-state index contributed by atoms with van der Waals surface area (Å²) in [6.45, 7) is 7.70. The highest BCUT2D eigenvalue weighted by molar-refractivity contribution is 7.91. The quantitative estimate of drug-likeness (QED) is 0.798. The Morgan fingerprint density at radius 3 is 2.52 bits per heavy atom. The molecular formula is C19H29NO2S. The maximum Gasteiger partial charge on any atom is 0.178 e. The van der Waals surface area contributed by atoms with Crippen LogP contribution >= 0.6 is 0 Å². The average molecular weight is 336 g/mol. The van der Waals surface area contributed by atoms with Crippen molar-refractivity contribution in [3.05, 3.63) is 29.8 Å². The van der Waals surface area contributed by atoms with Gasteiger partial charge in [-0.25, -0.2) is 8.42 Å². The highest BCUT2D eigenvalue weighted by atomic mass is 32.2. The highest BCUT2D eigenvalue weighted by Crippen LogP contribution is 2.49. The SMILES string of the molecule is CCS(=O)(=O)c1cccc(CC2(CN3CCC(C)CC3)CC2)c1. The first kappa shape index (κ1) is 17.0. The molecule has 1 saturated heterocycles. The molecular weight excluding hydrogens is 306 g/mol. The Balaban J connectivity index is 1.66. The first-order valence-electron chi connectivity index (χ1n) is 8.96. The molecule has 3 rings (SSSR count). The number of rotatable bonds is 6. The summed E-state index contributed by atoms with van der Waals surface area (Å²) in [6, 6.07) is 7.62. The minimum absolute atomic E-state index is 0.174. The lowest BCUT2D eigenvalue weighted by Crippen LogP contribution is -2.37. The van der Waals surface area contributed by atoms with Crippen LogP contribution in [-0.2, 0) is 16.3 Å². The Bertz CT molecular complexity index is 641. The molecule has 0 atom stereocenters. The van der Waals surface area contributed by atoms with Gasteiger partial charge in [-0.3, -0.25) is 0 Å². The van der Waals surface area contributed by atoms with Gasteiger partial charge in [0, 0.05) is 6.54 Å². The molecule has 0 N–H and O–H groups in total. The van der Waals surface area contributed by atoms with Crippen molar-refractivity contribution in [2.45, 2.75) is 50.8 Å². The van der Waals surface area contributed by atoms with E-state index in [1.165, 1.54) is 50.9 Å². The number of piperidine rings is 1. The second-order valence-electron chi connectivity index (χ2n) is 7.69. The Morgan fingerprint density at radius 1 is 1.22 bits per heavy atom. The van der Waals surface area contributed by atoms with Gasteiger partial charge in [0.2, 0.25) is 0 Å². The van der Waals surface area contributed by atoms with Crippen LogP contribution in [0.5, 0.6) is 0 Å².